The second-order valence-corrected chi connectivity index (χ2v) is 11.6. The first-order chi connectivity index (χ1) is 16.7. The first-order valence-corrected chi connectivity index (χ1v) is 13.6. The molecule has 2 aromatic rings. The number of rotatable bonds is 9. The Morgan fingerprint density at radius 2 is 1.92 bits per heavy atom. The molecule has 0 radical (unpaired) electrons. The van der Waals surface area contributed by atoms with Gasteiger partial charge in [0.2, 0.25) is 10.0 Å². The van der Waals surface area contributed by atoms with Gasteiger partial charge < -0.3 is 15.0 Å². The number of anilines is 2. The van der Waals surface area contributed by atoms with Crippen LogP contribution >= 0.6 is 0 Å². The van der Waals surface area contributed by atoms with Crippen molar-refractivity contribution in [3.05, 3.63) is 35.4 Å². The summed E-state index contributed by atoms with van der Waals surface area (Å²) in [5.41, 5.74) is -0.174. The topological polar surface area (TPSA) is 96.5 Å². The van der Waals surface area contributed by atoms with E-state index in [1.807, 2.05) is 0 Å². The van der Waals surface area contributed by atoms with E-state index in [1.54, 1.807) is 20.1 Å². The highest BCUT2D eigenvalue weighted by atomic mass is 32.2. The summed E-state index contributed by atoms with van der Waals surface area (Å²) in [6.45, 7) is 8.69. The zero-order chi connectivity index (χ0) is 26.7. The minimum atomic E-state index is -4.62. The summed E-state index contributed by atoms with van der Waals surface area (Å²) in [5, 5.41) is 11.9. The van der Waals surface area contributed by atoms with Crippen molar-refractivity contribution in [2.24, 2.45) is 0 Å². The van der Waals surface area contributed by atoms with E-state index in [-0.39, 0.29) is 22.9 Å². The Balaban J connectivity index is 1.78. The van der Waals surface area contributed by atoms with Crippen LogP contribution < -0.4 is 10.0 Å². The summed E-state index contributed by atoms with van der Waals surface area (Å²) in [6, 6.07) is 4.83. The van der Waals surface area contributed by atoms with Crippen LogP contribution in [-0.4, -0.2) is 68.2 Å². The molecule has 0 bridgehead atoms. The molecule has 2 heterocycles. The minimum Gasteiger partial charge on any atom is -0.379 e. The fourth-order valence-electron chi connectivity index (χ4n) is 4.15. The van der Waals surface area contributed by atoms with Crippen molar-refractivity contribution >= 4 is 21.5 Å². The smallest absolute Gasteiger partial charge is 0.379 e. The van der Waals surface area contributed by atoms with Crippen LogP contribution in [-0.2, 0) is 20.9 Å². The van der Waals surface area contributed by atoms with Gasteiger partial charge in [0, 0.05) is 31.8 Å². The van der Waals surface area contributed by atoms with Crippen molar-refractivity contribution in [1.82, 2.24) is 15.1 Å². The zero-order valence-electron chi connectivity index (χ0n) is 21.2. The molecule has 8 nitrogen and oxygen atoms in total. The molecule has 0 unspecified atom stereocenters. The average Bonchev–Trinajstić information content (AvgIpc) is 2.77. The molecule has 3 rings (SSSR count). The third kappa shape index (κ3) is 7.78. The van der Waals surface area contributed by atoms with Crippen LogP contribution in [0.5, 0.6) is 0 Å². The number of aryl methyl sites for hydroxylation is 1. The molecule has 1 saturated heterocycles. The molecule has 0 spiro atoms. The summed E-state index contributed by atoms with van der Waals surface area (Å²) < 4.78 is 70.9. The molecule has 1 aliphatic heterocycles. The van der Waals surface area contributed by atoms with Gasteiger partial charge in [0.05, 0.1) is 28.8 Å². The van der Waals surface area contributed by atoms with Crippen LogP contribution in [0, 0.1) is 6.92 Å². The van der Waals surface area contributed by atoms with Crippen LogP contribution in [0.2, 0.25) is 0 Å². The van der Waals surface area contributed by atoms with E-state index in [2.05, 4.69) is 39.0 Å². The number of nitrogens with zero attached hydrogens (tertiary/aromatic N) is 3. The highest BCUT2D eigenvalue weighted by Gasteiger charge is 2.32. The quantitative estimate of drug-likeness (QED) is 0.493. The Hall–Kier alpha value is -2.44. The Kier molecular flexibility index (Phi) is 8.51. The molecule has 1 fully saturated rings. The minimum absolute atomic E-state index is 0.178. The molecule has 1 aromatic heterocycles. The number of halogens is 3. The molecule has 2 N–H and O–H groups in total. The number of hydrogen-bond acceptors (Lipinski definition) is 7. The summed E-state index contributed by atoms with van der Waals surface area (Å²) in [6.07, 6.45) is -0.795. The molecule has 1 aliphatic rings. The number of sulfonamides is 1. The third-order valence-electron chi connectivity index (χ3n) is 6.32. The van der Waals surface area contributed by atoms with Gasteiger partial charge in [0.15, 0.2) is 0 Å². The van der Waals surface area contributed by atoms with Crippen molar-refractivity contribution < 1.29 is 26.3 Å². The van der Waals surface area contributed by atoms with E-state index in [9.17, 15) is 21.6 Å². The van der Waals surface area contributed by atoms with E-state index in [0.29, 0.717) is 17.1 Å². The van der Waals surface area contributed by atoms with Gasteiger partial charge in [-0.1, -0.05) is 6.07 Å². The number of aromatic nitrogens is 2. The normalized spacial score (nSPS) is 17.7. The summed E-state index contributed by atoms with van der Waals surface area (Å²) in [4.78, 5) is 2.39. The number of methoxy groups -OCH3 is 1. The van der Waals surface area contributed by atoms with E-state index < -0.39 is 21.8 Å². The molecule has 36 heavy (non-hydrogen) atoms. The second kappa shape index (κ2) is 10.9. The van der Waals surface area contributed by atoms with Crippen LogP contribution in [0.4, 0.5) is 24.7 Å². The van der Waals surface area contributed by atoms with Crippen LogP contribution in [0.15, 0.2) is 24.3 Å². The number of likely N-dealkylation sites (tertiary alicyclic amines) is 1. The lowest BCUT2D eigenvalue weighted by Gasteiger charge is -2.35. The fraction of sp³-hybridized carbons (Fsp3) is 0.583. The highest BCUT2D eigenvalue weighted by Crippen LogP contribution is 2.36. The Morgan fingerprint density at radius 3 is 2.53 bits per heavy atom. The Morgan fingerprint density at radius 1 is 1.19 bits per heavy atom. The lowest BCUT2D eigenvalue weighted by atomic mass is 10.0. The second-order valence-electron chi connectivity index (χ2n) is 9.89. The number of ether oxygens (including phenoxy) is 1. The number of benzene rings is 1. The lowest BCUT2D eigenvalue weighted by Crippen LogP contribution is -2.44. The molecule has 12 heteroatoms. The monoisotopic (exact) mass is 529 g/mol. The molecule has 1 aromatic carbocycles. The average molecular weight is 530 g/mol. The predicted molar refractivity (Wildman–Crippen MR) is 134 cm³/mol. The van der Waals surface area contributed by atoms with Gasteiger partial charge in [-0.3, -0.25) is 4.72 Å². The van der Waals surface area contributed by atoms with Crippen molar-refractivity contribution in [3.63, 3.8) is 0 Å². The van der Waals surface area contributed by atoms with E-state index in [1.165, 1.54) is 6.07 Å². The molecule has 200 valence electrons. The van der Waals surface area contributed by atoms with Crippen molar-refractivity contribution in [1.29, 1.82) is 0 Å². The predicted octanol–water partition coefficient (Wildman–Crippen LogP) is 4.53. The van der Waals surface area contributed by atoms with Crippen LogP contribution in [0.3, 0.4) is 0 Å². The molecule has 1 atom stereocenters. The third-order valence-corrected chi connectivity index (χ3v) is 6.91. The highest BCUT2D eigenvalue weighted by molar-refractivity contribution is 7.92. The fourth-order valence-corrected chi connectivity index (χ4v) is 4.72. The molecule has 0 amide bonds. The summed E-state index contributed by atoms with van der Waals surface area (Å²) in [5.74, 6) is 0.560. The standard InChI is InChI=1S/C24H34F3N5O3S/c1-16-13-21(28-18-7-6-11-32(15-18)12-10-23(2,3)35-4)29-30-22(16)19-9-8-17(24(25,26)27)14-20(19)31-36(5,33)34/h8-9,13-14,18,31H,6-7,10-12,15H2,1-5H3,(H,28,29)/t18-/m1/s1. The van der Waals surface area contributed by atoms with E-state index >= 15 is 0 Å². The van der Waals surface area contributed by atoms with Crippen molar-refractivity contribution in [3.8, 4) is 11.3 Å². The Bertz CT molecular complexity index is 1170. The first-order valence-electron chi connectivity index (χ1n) is 11.7. The molecular formula is C24H34F3N5O3S. The van der Waals surface area contributed by atoms with Gasteiger partial charge in [0.25, 0.3) is 0 Å². The van der Waals surface area contributed by atoms with Gasteiger partial charge in [-0.2, -0.15) is 13.2 Å². The molecular weight excluding hydrogens is 495 g/mol. The van der Waals surface area contributed by atoms with Gasteiger partial charge in [-0.05, 0) is 70.3 Å². The van der Waals surface area contributed by atoms with Crippen LogP contribution in [0.1, 0.15) is 44.2 Å². The van der Waals surface area contributed by atoms with Crippen molar-refractivity contribution in [2.75, 3.05) is 43.0 Å². The van der Waals surface area contributed by atoms with E-state index in [4.69, 9.17) is 4.74 Å². The lowest BCUT2D eigenvalue weighted by molar-refractivity contribution is -0.137. The molecule has 0 saturated carbocycles. The number of hydrogen-bond donors (Lipinski definition) is 2. The SMILES string of the molecule is COC(C)(C)CCN1CCC[C@@H](Nc2cc(C)c(-c3ccc(C(F)(F)F)cc3NS(C)(=O)=O)nn2)C1. The first kappa shape index (κ1) is 28.1. The maximum Gasteiger partial charge on any atom is 0.416 e. The van der Waals surface area contributed by atoms with Crippen molar-refractivity contribution in [2.45, 2.75) is 57.9 Å². The van der Waals surface area contributed by atoms with Gasteiger partial charge in [-0.25, -0.2) is 8.42 Å². The number of piperidine rings is 1. The maximum absolute atomic E-state index is 13.2. The molecule has 0 aliphatic carbocycles. The largest absolute Gasteiger partial charge is 0.416 e. The van der Waals surface area contributed by atoms with Gasteiger partial charge >= 0.3 is 6.18 Å². The maximum atomic E-state index is 13.2. The zero-order valence-corrected chi connectivity index (χ0v) is 22.1. The van der Waals surface area contributed by atoms with Gasteiger partial charge in [0.1, 0.15) is 5.82 Å². The van der Waals surface area contributed by atoms with Crippen LogP contribution in [0.25, 0.3) is 11.3 Å². The van der Waals surface area contributed by atoms with Gasteiger partial charge in [-0.15, -0.1) is 10.2 Å². The summed E-state index contributed by atoms with van der Waals surface area (Å²) >= 11 is 0. The number of nitrogens with one attached hydrogen (secondary N) is 2. The van der Waals surface area contributed by atoms with E-state index in [0.717, 1.165) is 57.3 Å². The number of alkyl halides is 3. The Labute approximate surface area is 210 Å². The summed E-state index contributed by atoms with van der Waals surface area (Å²) in [7, 11) is -2.10.